The third-order valence-electron chi connectivity index (χ3n) is 3.65. The van der Waals surface area contributed by atoms with Gasteiger partial charge in [-0.25, -0.2) is 0 Å². The molecule has 2 rings (SSSR count). The molecular formula is C14H22N2O. The monoisotopic (exact) mass is 234 g/mol. The molecule has 0 spiro atoms. The summed E-state index contributed by atoms with van der Waals surface area (Å²) in [6, 6.07) is 3.70. The lowest BCUT2D eigenvalue weighted by molar-refractivity contribution is -0.0234. The van der Waals surface area contributed by atoms with Crippen LogP contribution in [0.15, 0.2) is 18.3 Å². The van der Waals surface area contributed by atoms with Gasteiger partial charge < -0.3 is 10.5 Å². The smallest absolute Gasteiger partial charge is 0.0892 e. The second-order valence-corrected chi connectivity index (χ2v) is 4.88. The molecule has 1 aliphatic carbocycles. The molecule has 2 unspecified atom stereocenters. The van der Waals surface area contributed by atoms with Crippen LogP contribution in [0.2, 0.25) is 0 Å². The summed E-state index contributed by atoms with van der Waals surface area (Å²) in [4.78, 5) is 4.27. The Morgan fingerprint density at radius 2 is 2.24 bits per heavy atom. The van der Waals surface area contributed by atoms with Gasteiger partial charge in [-0.3, -0.25) is 4.98 Å². The molecule has 0 radical (unpaired) electrons. The summed E-state index contributed by atoms with van der Waals surface area (Å²) in [6.07, 6.45) is 8.53. The maximum Gasteiger partial charge on any atom is 0.0892 e. The van der Waals surface area contributed by atoms with Gasteiger partial charge in [0, 0.05) is 11.9 Å². The summed E-state index contributed by atoms with van der Waals surface area (Å²) in [5.41, 5.74) is 7.42. The van der Waals surface area contributed by atoms with Crippen molar-refractivity contribution in [3.63, 3.8) is 0 Å². The second kappa shape index (κ2) is 6.01. The Labute approximate surface area is 103 Å². The molecular weight excluding hydrogens is 212 g/mol. The van der Waals surface area contributed by atoms with E-state index in [4.69, 9.17) is 10.5 Å². The summed E-state index contributed by atoms with van der Waals surface area (Å²) in [6.45, 7) is 2.84. The van der Waals surface area contributed by atoms with Crippen LogP contribution in [0.25, 0.3) is 0 Å². The van der Waals surface area contributed by atoms with Gasteiger partial charge in [-0.15, -0.1) is 0 Å². The van der Waals surface area contributed by atoms with Gasteiger partial charge in [-0.05, 0) is 30.9 Å². The number of nitrogen functional groups attached to an aromatic ring is 1. The molecule has 3 nitrogen and oxygen atoms in total. The molecule has 0 bridgehead atoms. The quantitative estimate of drug-likeness (QED) is 0.870. The standard InChI is InChI=1S/C14H22N2O/c1-2-11-5-3-4-6-14(11)17-10-13-9-12(15)7-8-16-13/h7-9,11,14H,2-6,10H2,1H3,(H2,15,16). The second-order valence-electron chi connectivity index (χ2n) is 4.88. The molecule has 17 heavy (non-hydrogen) atoms. The Kier molecular flexibility index (Phi) is 4.37. The molecule has 1 aromatic rings. The Bertz CT molecular complexity index is 354. The van der Waals surface area contributed by atoms with E-state index in [9.17, 15) is 0 Å². The first-order valence-electron chi connectivity index (χ1n) is 6.61. The summed E-state index contributed by atoms with van der Waals surface area (Å²) < 4.78 is 6.01. The topological polar surface area (TPSA) is 48.1 Å². The van der Waals surface area contributed by atoms with Crippen molar-refractivity contribution in [2.24, 2.45) is 5.92 Å². The van der Waals surface area contributed by atoms with Crippen LogP contribution in [-0.4, -0.2) is 11.1 Å². The number of ether oxygens (including phenoxy) is 1. The van der Waals surface area contributed by atoms with E-state index in [0.717, 1.165) is 17.3 Å². The van der Waals surface area contributed by atoms with Crippen molar-refractivity contribution < 1.29 is 4.74 Å². The van der Waals surface area contributed by atoms with Crippen molar-refractivity contribution in [1.29, 1.82) is 0 Å². The fraction of sp³-hybridized carbons (Fsp3) is 0.643. The number of hydrogen-bond acceptors (Lipinski definition) is 3. The summed E-state index contributed by atoms with van der Waals surface area (Å²) in [5, 5.41) is 0. The highest BCUT2D eigenvalue weighted by Gasteiger charge is 2.24. The van der Waals surface area contributed by atoms with E-state index in [1.54, 1.807) is 12.3 Å². The SMILES string of the molecule is CCC1CCCCC1OCc1cc(N)ccn1. The molecule has 2 atom stereocenters. The highest BCUT2D eigenvalue weighted by atomic mass is 16.5. The van der Waals surface area contributed by atoms with Gasteiger partial charge in [0.05, 0.1) is 18.4 Å². The largest absolute Gasteiger partial charge is 0.399 e. The Balaban J connectivity index is 1.88. The zero-order chi connectivity index (χ0) is 12.1. The lowest BCUT2D eigenvalue weighted by Gasteiger charge is -2.30. The number of nitrogens with zero attached hydrogens (tertiary/aromatic N) is 1. The number of nitrogens with two attached hydrogens (primary N) is 1. The minimum Gasteiger partial charge on any atom is -0.399 e. The van der Waals surface area contributed by atoms with Crippen LogP contribution in [0, 0.1) is 5.92 Å². The van der Waals surface area contributed by atoms with Crippen LogP contribution >= 0.6 is 0 Å². The van der Waals surface area contributed by atoms with E-state index < -0.39 is 0 Å². The predicted octanol–water partition coefficient (Wildman–Crippen LogP) is 3.15. The van der Waals surface area contributed by atoms with E-state index >= 15 is 0 Å². The normalized spacial score (nSPS) is 24.8. The van der Waals surface area contributed by atoms with Gasteiger partial charge >= 0.3 is 0 Å². The van der Waals surface area contributed by atoms with E-state index in [2.05, 4.69) is 11.9 Å². The molecule has 1 aromatic heterocycles. The summed E-state index contributed by atoms with van der Waals surface area (Å²) in [5.74, 6) is 0.727. The van der Waals surface area contributed by atoms with Gasteiger partial charge in [0.1, 0.15) is 0 Å². The van der Waals surface area contributed by atoms with Crippen LogP contribution in [-0.2, 0) is 11.3 Å². The maximum atomic E-state index is 6.01. The Hall–Kier alpha value is -1.09. The number of rotatable bonds is 4. The minimum absolute atomic E-state index is 0.414. The van der Waals surface area contributed by atoms with Crippen LogP contribution in [0.4, 0.5) is 5.69 Å². The number of pyridine rings is 1. The number of aromatic nitrogens is 1. The van der Waals surface area contributed by atoms with Crippen LogP contribution in [0.1, 0.15) is 44.7 Å². The van der Waals surface area contributed by atoms with E-state index in [1.807, 2.05) is 6.07 Å². The fourth-order valence-electron chi connectivity index (χ4n) is 2.63. The van der Waals surface area contributed by atoms with Crippen molar-refractivity contribution in [1.82, 2.24) is 4.98 Å². The lowest BCUT2D eigenvalue weighted by atomic mass is 9.85. The first-order valence-corrected chi connectivity index (χ1v) is 6.61. The van der Waals surface area contributed by atoms with Crippen molar-refractivity contribution in [3.05, 3.63) is 24.0 Å². The minimum atomic E-state index is 0.414. The molecule has 0 aromatic carbocycles. The molecule has 1 heterocycles. The first-order chi connectivity index (χ1) is 8.29. The van der Waals surface area contributed by atoms with E-state index in [-0.39, 0.29) is 0 Å². The average molecular weight is 234 g/mol. The molecule has 0 amide bonds. The van der Waals surface area contributed by atoms with E-state index in [1.165, 1.54) is 32.1 Å². The van der Waals surface area contributed by atoms with Crippen LogP contribution in [0.3, 0.4) is 0 Å². The Morgan fingerprint density at radius 3 is 3.00 bits per heavy atom. The van der Waals surface area contributed by atoms with Crippen molar-refractivity contribution in [2.45, 2.75) is 51.7 Å². The zero-order valence-corrected chi connectivity index (χ0v) is 10.6. The van der Waals surface area contributed by atoms with Gasteiger partial charge in [0.2, 0.25) is 0 Å². The summed E-state index contributed by atoms with van der Waals surface area (Å²) >= 11 is 0. The third-order valence-corrected chi connectivity index (χ3v) is 3.65. The lowest BCUT2D eigenvalue weighted by Crippen LogP contribution is -2.27. The molecule has 2 N–H and O–H groups in total. The van der Waals surface area contributed by atoms with E-state index in [0.29, 0.717) is 12.7 Å². The molecule has 94 valence electrons. The molecule has 1 fully saturated rings. The highest BCUT2D eigenvalue weighted by molar-refractivity contribution is 5.36. The summed E-state index contributed by atoms with van der Waals surface area (Å²) in [7, 11) is 0. The fourth-order valence-corrected chi connectivity index (χ4v) is 2.63. The number of anilines is 1. The maximum absolute atomic E-state index is 6.01. The van der Waals surface area contributed by atoms with Crippen molar-refractivity contribution in [2.75, 3.05) is 5.73 Å². The number of hydrogen-bond donors (Lipinski definition) is 1. The average Bonchev–Trinajstić information content (AvgIpc) is 2.37. The predicted molar refractivity (Wildman–Crippen MR) is 69.5 cm³/mol. The Morgan fingerprint density at radius 1 is 1.41 bits per heavy atom. The van der Waals surface area contributed by atoms with Gasteiger partial charge in [0.15, 0.2) is 0 Å². The zero-order valence-electron chi connectivity index (χ0n) is 10.6. The molecule has 0 aliphatic heterocycles. The van der Waals surface area contributed by atoms with Crippen molar-refractivity contribution in [3.8, 4) is 0 Å². The molecule has 3 heteroatoms. The van der Waals surface area contributed by atoms with Gasteiger partial charge in [-0.2, -0.15) is 0 Å². The molecule has 1 aliphatic rings. The van der Waals surface area contributed by atoms with Gasteiger partial charge in [0.25, 0.3) is 0 Å². The van der Waals surface area contributed by atoms with Crippen molar-refractivity contribution >= 4 is 5.69 Å². The van der Waals surface area contributed by atoms with Gasteiger partial charge in [-0.1, -0.05) is 26.2 Å². The first kappa shape index (κ1) is 12.4. The van der Waals surface area contributed by atoms with Crippen LogP contribution in [0.5, 0.6) is 0 Å². The third kappa shape index (κ3) is 3.43. The van der Waals surface area contributed by atoms with Crippen LogP contribution < -0.4 is 5.73 Å². The highest BCUT2D eigenvalue weighted by Crippen LogP contribution is 2.29. The molecule has 0 saturated heterocycles. The molecule has 1 saturated carbocycles.